The van der Waals surface area contributed by atoms with Crippen LogP contribution in [0.15, 0.2) is 18.2 Å². The Hall–Kier alpha value is -1.30. The monoisotopic (exact) mass is 272 g/mol. The van der Waals surface area contributed by atoms with Gasteiger partial charge >= 0.3 is 0 Å². The van der Waals surface area contributed by atoms with E-state index in [1.54, 1.807) is 25.3 Å². The number of halogens is 1. The highest BCUT2D eigenvalue weighted by Crippen LogP contribution is 2.25. The van der Waals surface area contributed by atoms with E-state index in [2.05, 4.69) is 5.32 Å². The second-order valence-electron chi connectivity index (χ2n) is 3.54. The Balaban J connectivity index is 2.50. The summed E-state index contributed by atoms with van der Waals surface area (Å²) in [5.41, 5.74) is 5.99. The maximum atomic E-state index is 11.4. The van der Waals surface area contributed by atoms with E-state index in [0.717, 1.165) is 5.56 Å². The van der Waals surface area contributed by atoms with E-state index in [-0.39, 0.29) is 12.5 Å². The molecular weight excluding hydrogens is 256 g/mol. The molecule has 5 nitrogen and oxygen atoms in total. The van der Waals surface area contributed by atoms with Crippen molar-refractivity contribution < 1.29 is 14.3 Å². The Morgan fingerprint density at radius 1 is 1.50 bits per heavy atom. The molecule has 0 saturated heterocycles. The smallest absolute Gasteiger partial charge is 0.246 e. The summed E-state index contributed by atoms with van der Waals surface area (Å²) in [7, 11) is 1.56. The highest BCUT2D eigenvalue weighted by Gasteiger charge is 2.09. The Bertz CT molecular complexity index is 399. The van der Waals surface area contributed by atoms with Crippen LogP contribution in [0.3, 0.4) is 0 Å². The summed E-state index contributed by atoms with van der Waals surface area (Å²) in [5, 5.41) is 3.26. The maximum absolute atomic E-state index is 11.4. The molecule has 0 fully saturated rings. The first-order chi connectivity index (χ1) is 8.69. The minimum absolute atomic E-state index is 0.00995. The number of nitrogens with two attached hydrogens (primary N) is 1. The van der Waals surface area contributed by atoms with Gasteiger partial charge in [0.25, 0.3) is 0 Å². The molecule has 0 spiro atoms. The van der Waals surface area contributed by atoms with Crippen LogP contribution in [0.1, 0.15) is 5.56 Å². The van der Waals surface area contributed by atoms with Crippen molar-refractivity contribution >= 4 is 17.5 Å². The lowest BCUT2D eigenvalue weighted by atomic mass is 10.2. The fourth-order valence-electron chi connectivity index (χ4n) is 1.39. The van der Waals surface area contributed by atoms with Crippen molar-refractivity contribution in [1.29, 1.82) is 0 Å². The van der Waals surface area contributed by atoms with Crippen molar-refractivity contribution in [3.05, 3.63) is 28.8 Å². The fourth-order valence-corrected chi connectivity index (χ4v) is 1.62. The molecule has 0 radical (unpaired) electrons. The highest BCUT2D eigenvalue weighted by molar-refractivity contribution is 6.31. The van der Waals surface area contributed by atoms with Crippen LogP contribution in [0, 0.1) is 0 Å². The van der Waals surface area contributed by atoms with E-state index in [4.69, 9.17) is 26.8 Å². The predicted octanol–water partition coefficient (Wildman–Crippen LogP) is 0.940. The predicted molar refractivity (Wildman–Crippen MR) is 69.7 cm³/mol. The topological polar surface area (TPSA) is 73.6 Å². The van der Waals surface area contributed by atoms with Gasteiger partial charge in [0, 0.05) is 23.7 Å². The summed E-state index contributed by atoms with van der Waals surface area (Å²) in [6.45, 7) is 1.05. The van der Waals surface area contributed by atoms with E-state index >= 15 is 0 Å². The van der Waals surface area contributed by atoms with Gasteiger partial charge in [0.05, 0.1) is 13.7 Å². The number of rotatable bonds is 7. The van der Waals surface area contributed by atoms with Gasteiger partial charge in [-0.15, -0.1) is 0 Å². The van der Waals surface area contributed by atoms with Crippen molar-refractivity contribution in [1.82, 2.24) is 5.32 Å². The minimum atomic E-state index is -0.217. The minimum Gasteiger partial charge on any atom is -0.496 e. The van der Waals surface area contributed by atoms with Crippen molar-refractivity contribution in [3.8, 4) is 5.75 Å². The van der Waals surface area contributed by atoms with Gasteiger partial charge < -0.3 is 20.5 Å². The molecule has 0 aliphatic rings. The first-order valence-corrected chi connectivity index (χ1v) is 5.92. The van der Waals surface area contributed by atoms with E-state index in [9.17, 15) is 4.79 Å². The summed E-state index contributed by atoms with van der Waals surface area (Å²) in [6, 6.07) is 5.33. The molecule has 0 atom stereocenters. The van der Waals surface area contributed by atoms with Crippen LogP contribution in [0.4, 0.5) is 0 Å². The van der Waals surface area contributed by atoms with Crippen LogP contribution >= 0.6 is 11.6 Å². The number of carbonyl (C=O) groups is 1. The number of benzene rings is 1. The zero-order chi connectivity index (χ0) is 13.4. The molecule has 1 aromatic carbocycles. The number of hydrogen-bond donors (Lipinski definition) is 2. The molecule has 0 unspecified atom stereocenters. The van der Waals surface area contributed by atoms with Gasteiger partial charge in [0.15, 0.2) is 0 Å². The van der Waals surface area contributed by atoms with Crippen molar-refractivity contribution in [2.75, 3.05) is 26.9 Å². The third-order valence-corrected chi connectivity index (χ3v) is 2.61. The molecule has 6 heteroatoms. The second kappa shape index (κ2) is 7.92. The fraction of sp³-hybridized carbons (Fsp3) is 0.417. The molecule has 0 aromatic heterocycles. The largest absolute Gasteiger partial charge is 0.496 e. The third kappa shape index (κ3) is 4.52. The number of hydrogen-bond acceptors (Lipinski definition) is 4. The van der Waals surface area contributed by atoms with Crippen LogP contribution in [0.25, 0.3) is 0 Å². The maximum Gasteiger partial charge on any atom is 0.246 e. The molecule has 1 amide bonds. The lowest BCUT2D eigenvalue weighted by Crippen LogP contribution is -2.28. The Labute approximate surface area is 111 Å². The first-order valence-electron chi connectivity index (χ1n) is 5.55. The second-order valence-corrected chi connectivity index (χ2v) is 3.95. The lowest BCUT2D eigenvalue weighted by Gasteiger charge is -2.11. The SMILES string of the molecule is COc1cccc(Cl)c1CNC(=O)COCCN. The molecule has 0 aliphatic heterocycles. The molecule has 0 heterocycles. The number of methoxy groups -OCH3 is 1. The van der Waals surface area contributed by atoms with Crippen molar-refractivity contribution in [2.45, 2.75) is 6.54 Å². The van der Waals surface area contributed by atoms with Crippen molar-refractivity contribution in [3.63, 3.8) is 0 Å². The number of carbonyl (C=O) groups excluding carboxylic acids is 1. The Morgan fingerprint density at radius 3 is 2.94 bits per heavy atom. The van der Waals surface area contributed by atoms with Gasteiger partial charge in [-0.3, -0.25) is 4.79 Å². The molecule has 0 aliphatic carbocycles. The number of nitrogens with one attached hydrogen (secondary N) is 1. The van der Waals surface area contributed by atoms with E-state index in [0.29, 0.717) is 30.5 Å². The van der Waals surface area contributed by atoms with Gasteiger partial charge in [0.2, 0.25) is 5.91 Å². The summed E-state index contributed by atoms with van der Waals surface area (Å²) in [5.74, 6) is 0.427. The Kier molecular flexibility index (Phi) is 6.49. The lowest BCUT2D eigenvalue weighted by molar-refractivity contribution is -0.125. The van der Waals surface area contributed by atoms with Gasteiger partial charge in [-0.05, 0) is 12.1 Å². The average Bonchev–Trinajstić information content (AvgIpc) is 2.37. The third-order valence-electron chi connectivity index (χ3n) is 2.25. The molecule has 1 rings (SSSR count). The van der Waals surface area contributed by atoms with Crippen LogP contribution in [-0.2, 0) is 16.1 Å². The van der Waals surface area contributed by atoms with E-state index in [1.807, 2.05) is 0 Å². The summed E-state index contributed by atoms with van der Waals surface area (Å²) < 4.78 is 10.2. The number of amides is 1. The van der Waals surface area contributed by atoms with E-state index in [1.165, 1.54) is 0 Å². The molecular formula is C12H17ClN2O3. The van der Waals surface area contributed by atoms with Crippen LogP contribution < -0.4 is 15.8 Å². The molecule has 3 N–H and O–H groups in total. The highest BCUT2D eigenvalue weighted by atomic mass is 35.5. The molecule has 100 valence electrons. The van der Waals surface area contributed by atoms with Gasteiger partial charge in [0.1, 0.15) is 12.4 Å². The summed E-state index contributed by atoms with van der Waals surface area (Å²) in [4.78, 5) is 11.4. The zero-order valence-corrected chi connectivity index (χ0v) is 11.0. The first kappa shape index (κ1) is 14.8. The molecule has 18 heavy (non-hydrogen) atoms. The van der Waals surface area contributed by atoms with Gasteiger partial charge in [-0.1, -0.05) is 17.7 Å². The standard InChI is InChI=1S/C12H17ClN2O3/c1-17-11-4-2-3-10(13)9(11)7-15-12(16)8-18-6-5-14/h2-4H,5-8,14H2,1H3,(H,15,16). The zero-order valence-electron chi connectivity index (χ0n) is 10.2. The van der Waals surface area contributed by atoms with Gasteiger partial charge in [-0.2, -0.15) is 0 Å². The van der Waals surface area contributed by atoms with Crippen LogP contribution in [0.2, 0.25) is 5.02 Å². The normalized spacial score (nSPS) is 10.2. The van der Waals surface area contributed by atoms with Crippen molar-refractivity contribution in [2.24, 2.45) is 5.73 Å². The van der Waals surface area contributed by atoms with Crippen LogP contribution in [0.5, 0.6) is 5.75 Å². The molecule has 1 aromatic rings. The summed E-state index contributed by atoms with van der Waals surface area (Å²) in [6.07, 6.45) is 0. The average molecular weight is 273 g/mol. The summed E-state index contributed by atoms with van der Waals surface area (Å²) >= 11 is 6.04. The molecule has 0 saturated carbocycles. The Morgan fingerprint density at radius 2 is 2.28 bits per heavy atom. The van der Waals surface area contributed by atoms with Gasteiger partial charge in [-0.25, -0.2) is 0 Å². The molecule has 0 bridgehead atoms. The number of ether oxygens (including phenoxy) is 2. The van der Waals surface area contributed by atoms with E-state index < -0.39 is 0 Å². The quantitative estimate of drug-likeness (QED) is 0.725. The van der Waals surface area contributed by atoms with Crippen LogP contribution in [-0.4, -0.2) is 32.8 Å².